The van der Waals surface area contributed by atoms with Crippen LogP contribution < -0.4 is 0 Å². The monoisotopic (exact) mass is 302 g/mol. The Morgan fingerprint density at radius 3 is 2.82 bits per heavy atom. The van der Waals surface area contributed by atoms with Gasteiger partial charge in [-0.05, 0) is 86.5 Å². The Bertz CT molecular complexity index is 590. The molecule has 3 nitrogen and oxygen atoms in total. The van der Waals surface area contributed by atoms with Gasteiger partial charge in [-0.3, -0.25) is 0 Å². The first kappa shape index (κ1) is 15.5. The Kier molecular flexibility index (Phi) is 3.80. The molecule has 0 unspecified atom stereocenters. The van der Waals surface area contributed by atoms with Crippen molar-refractivity contribution in [2.24, 2.45) is 5.92 Å². The van der Waals surface area contributed by atoms with Crippen LogP contribution in [0.5, 0.6) is 0 Å². The molecule has 1 saturated carbocycles. The number of carbonyl (C=O) groups is 1. The highest BCUT2D eigenvalue weighted by Crippen LogP contribution is 2.53. The van der Waals surface area contributed by atoms with Gasteiger partial charge in [-0.25, -0.2) is 4.79 Å². The lowest BCUT2D eigenvalue weighted by atomic mass is 9.57. The van der Waals surface area contributed by atoms with E-state index in [1.807, 2.05) is 13.0 Å². The van der Waals surface area contributed by atoms with Crippen LogP contribution in [0.15, 0.2) is 18.2 Å². The molecule has 22 heavy (non-hydrogen) atoms. The van der Waals surface area contributed by atoms with E-state index >= 15 is 0 Å². The molecule has 1 aromatic rings. The predicted octanol–water partition coefficient (Wildman–Crippen LogP) is 3.92. The number of benzene rings is 1. The molecular formula is C19H26O3. The Morgan fingerprint density at radius 2 is 2.14 bits per heavy atom. The molecule has 0 heterocycles. The first-order chi connectivity index (χ1) is 10.4. The van der Waals surface area contributed by atoms with Gasteiger partial charge in [0.1, 0.15) is 0 Å². The summed E-state index contributed by atoms with van der Waals surface area (Å²) in [7, 11) is 0. The second-order valence-electron chi connectivity index (χ2n) is 7.48. The van der Waals surface area contributed by atoms with Gasteiger partial charge in [-0.15, -0.1) is 0 Å². The fraction of sp³-hybridized carbons (Fsp3) is 0.632. The summed E-state index contributed by atoms with van der Waals surface area (Å²) < 4.78 is 0. The van der Waals surface area contributed by atoms with Crippen molar-refractivity contribution in [3.8, 4) is 0 Å². The van der Waals surface area contributed by atoms with E-state index in [-0.39, 0.29) is 5.41 Å². The maximum Gasteiger partial charge on any atom is 0.335 e. The molecule has 0 aliphatic heterocycles. The van der Waals surface area contributed by atoms with E-state index < -0.39 is 11.6 Å². The molecule has 0 amide bonds. The molecule has 1 aromatic carbocycles. The third-order valence-electron chi connectivity index (χ3n) is 6.10. The lowest BCUT2D eigenvalue weighted by molar-refractivity contribution is -0.0340. The van der Waals surface area contributed by atoms with Crippen molar-refractivity contribution < 1.29 is 15.0 Å². The molecular weight excluding hydrogens is 276 g/mol. The van der Waals surface area contributed by atoms with Crippen LogP contribution in [0.25, 0.3) is 0 Å². The number of aromatic carboxylic acids is 1. The largest absolute Gasteiger partial charge is 0.478 e. The summed E-state index contributed by atoms with van der Waals surface area (Å²) in [5.74, 6) is -0.348. The van der Waals surface area contributed by atoms with Crippen molar-refractivity contribution in [1.82, 2.24) is 0 Å². The quantitative estimate of drug-likeness (QED) is 0.870. The summed E-state index contributed by atoms with van der Waals surface area (Å²) in [6.07, 6.45) is 6.92. The molecule has 3 rings (SSSR count). The SMILES string of the molecule is CC[C@]12CC[C@](C)(O)C[C@H]1CCCc1cc(C(=O)O)ccc12. The van der Waals surface area contributed by atoms with Crippen molar-refractivity contribution in [3.05, 3.63) is 34.9 Å². The van der Waals surface area contributed by atoms with Gasteiger partial charge in [0.2, 0.25) is 0 Å². The van der Waals surface area contributed by atoms with Crippen LogP contribution in [-0.4, -0.2) is 21.8 Å². The average molecular weight is 302 g/mol. The Labute approximate surface area is 132 Å². The lowest BCUT2D eigenvalue weighted by Crippen LogP contribution is -2.46. The van der Waals surface area contributed by atoms with Crippen molar-refractivity contribution in [3.63, 3.8) is 0 Å². The fourth-order valence-electron chi connectivity index (χ4n) is 4.87. The second kappa shape index (κ2) is 5.38. The van der Waals surface area contributed by atoms with Gasteiger partial charge in [0.05, 0.1) is 11.2 Å². The van der Waals surface area contributed by atoms with E-state index in [1.165, 1.54) is 11.1 Å². The zero-order chi connectivity index (χ0) is 16.0. The second-order valence-corrected chi connectivity index (χ2v) is 7.48. The summed E-state index contributed by atoms with van der Waals surface area (Å²) >= 11 is 0. The molecule has 0 bridgehead atoms. The van der Waals surface area contributed by atoms with E-state index in [0.717, 1.165) is 44.9 Å². The standard InChI is InChI=1S/C19H26O3/c1-3-19-10-9-18(2,22)12-15(19)6-4-5-13-11-14(17(20)21)7-8-16(13)19/h7-8,11,15,22H,3-6,9-10,12H2,1-2H3,(H,20,21)/t15-,18+,19+/m1/s1. The molecule has 2 aliphatic carbocycles. The lowest BCUT2D eigenvalue weighted by Gasteiger charge is -2.49. The van der Waals surface area contributed by atoms with E-state index in [4.69, 9.17) is 0 Å². The van der Waals surface area contributed by atoms with Crippen molar-refractivity contribution in [1.29, 1.82) is 0 Å². The van der Waals surface area contributed by atoms with Crippen LogP contribution in [-0.2, 0) is 11.8 Å². The number of hydrogen-bond donors (Lipinski definition) is 2. The minimum atomic E-state index is -0.847. The van der Waals surface area contributed by atoms with E-state index in [0.29, 0.717) is 11.5 Å². The molecule has 0 saturated heterocycles. The minimum absolute atomic E-state index is 0.116. The van der Waals surface area contributed by atoms with Crippen molar-refractivity contribution in [2.75, 3.05) is 0 Å². The van der Waals surface area contributed by atoms with Gasteiger partial charge in [0.15, 0.2) is 0 Å². The van der Waals surface area contributed by atoms with E-state index in [2.05, 4.69) is 13.0 Å². The highest BCUT2D eigenvalue weighted by Gasteiger charge is 2.48. The average Bonchev–Trinajstić information content (AvgIpc) is 2.62. The number of aryl methyl sites for hydroxylation is 1. The van der Waals surface area contributed by atoms with Gasteiger partial charge in [-0.2, -0.15) is 0 Å². The molecule has 3 atom stereocenters. The minimum Gasteiger partial charge on any atom is -0.478 e. The van der Waals surface area contributed by atoms with Crippen LogP contribution in [0.3, 0.4) is 0 Å². The number of carboxylic acid groups (broad SMARTS) is 1. The fourth-order valence-corrected chi connectivity index (χ4v) is 4.87. The summed E-state index contributed by atoms with van der Waals surface area (Å²) in [6, 6.07) is 5.69. The highest BCUT2D eigenvalue weighted by molar-refractivity contribution is 5.88. The van der Waals surface area contributed by atoms with Crippen LogP contribution in [0.4, 0.5) is 0 Å². The number of rotatable bonds is 2. The molecule has 2 N–H and O–H groups in total. The number of carboxylic acids is 1. The summed E-state index contributed by atoms with van der Waals surface area (Å²) in [6.45, 7) is 4.21. The van der Waals surface area contributed by atoms with Gasteiger partial charge in [0.25, 0.3) is 0 Å². The molecule has 0 spiro atoms. The van der Waals surface area contributed by atoms with Crippen molar-refractivity contribution in [2.45, 2.75) is 69.8 Å². The van der Waals surface area contributed by atoms with Crippen molar-refractivity contribution >= 4 is 5.97 Å². The molecule has 0 radical (unpaired) electrons. The zero-order valence-electron chi connectivity index (χ0n) is 13.6. The topological polar surface area (TPSA) is 57.5 Å². The van der Waals surface area contributed by atoms with Crippen LogP contribution in [0, 0.1) is 5.92 Å². The summed E-state index contributed by atoms with van der Waals surface area (Å²) in [5.41, 5.74) is 2.52. The van der Waals surface area contributed by atoms with Crippen LogP contribution >= 0.6 is 0 Å². The zero-order valence-corrected chi connectivity index (χ0v) is 13.6. The van der Waals surface area contributed by atoms with Crippen LogP contribution in [0.2, 0.25) is 0 Å². The molecule has 3 heteroatoms. The van der Waals surface area contributed by atoms with Gasteiger partial charge >= 0.3 is 5.97 Å². The Hall–Kier alpha value is -1.35. The highest BCUT2D eigenvalue weighted by atomic mass is 16.4. The first-order valence-electron chi connectivity index (χ1n) is 8.47. The van der Waals surface area contributed by atoms with Gasteiger partial charge in [-0.1, -0.05) is 13.0 Å². The third kappa shape index (κ3) is 2.45. The molecule has 0 aromatic heterocycles. The van der Waals surface area contributed by atoms with Gasteiger partial charge < -0.3 is 10.2 Å². The molecule has 120 valence electrons. The third-order valence-corrected chi connectivity index (χ3v) is 6.10. The Balaban J connectivity index is 2.08. The summed E-state index contributed by atoms with van der Waals surface area (Å²) in [5, 5.41) is 19.7. The predicted molar refractivity (Wildman–Crippen MR) is 86.3 cm³/mol. The van der Waals surface area contributed by atoms with E-state index in [9.17, 15) is 15.0 Å². The maximum atomic E-state index is 11.3. The molecule has 2 aliphatic rings. The van der Waals surface area contributed by atoms with Gasteiger partial charge in [0, 0.05) is 0 Å². The maximum absolute atomic E-state index is 11.3. The summed E-state index contributed by atoms with van der Waals surface area (Å²) in [4.78, 5) is 11.3. The smallest absolute Gasteiger partial charge is 0.335 e. The van der Waals surface area contributed by atoms with Crippen LogP contribution in [0.1, 0.15) is 73.9 Å². The number of hydrogen-bond acceptors (Lipinski definition) is 2. The first-order valence-corrected chi connectivity index (χ1v) is 8.47. The normalized spacial score (nSPS) is 34.4. The number of fused-ring (bicyclic) bond motifs is 3. The Morgan fingerprint density at radius 1 is 1.36 bits per heavy atom. The number of aliphatic hydroxyl groups is 1. The molecule has 1 fully saturated rings. The van der Waals surface area contributed by atoms with E-state index in [1.54, 1.807) is 6.07 Å².